The second kappa shape index (κ2) is 6.23. The van der Waals surface area contributed by atoms with Gasteiger partial charge in [0.2, 0.25) is 5.71 Å². The van der Waals surface area contributed by atoms with Gasteiger partial charge in [0.15, 0.2) is 5.76 Å². The molecule has 1 heterocycles. The fraction of sp³-hybridized carbons (Fsp3) is 0.538. The van der Waals surface area contributed by atoms with E-state index >= 15 is 0 Å². The molecular weight excluding hydrogens is 232 g/mol. The van der Waals surface area contributed by atoms with Crippen LogP contribution in [0.25, 0.3) is 0 Å². The van der Waals surface area contributed by atoms with Gasteiger partial charge in [-0.05, 0) is 39.3 Å². The smallest absolute Gasteiger partial charge is 0.277 e. The predicted octanol–water partition coefficient (Wildman–Crippen LogP) is 2.33. The normalized spacial score (nSPS) is 12.3. The van der Waals surface area contributed by atoms with Gasteiger partial charge in [0.25, 0.3) is 5.91 Å². The first-order valence-electron chi connectivity index (χ1n) is 6.02. The molecule has 0 radical (unpaired) electrons. The van der Waals surface area contributed by atoms with Crippen molar-refractivity contribution < 1.29 is 14.0 Å². The fourth-order valence-corrected chi connectivity index (χ4v) is 1.12. The Kier molecular flexibility index (Phi) is 4.95. The van der Waals surface area contributed by atoms with Crippen molar-refractivity contribution in [2.75, 3.05) is 6.54 Å². The molecule has 1 aromatic rings. The van der Waals surface area contributed by atoms with Crippen LogP contribution in [-0.2, 0) is 9.63 Å². The van der Waals surface area contributed by atoms with Crippen molar-refractivity contribution in [1.82, 2.24) is 5.32 Å². The van der Waals surface area contributed by atoms with Gasteiger partial charge in [-0.15, -0.1) is 0 Å². The van der Waals surface area contributed by atoms with Crippen molar-refractivity contribution >= 4 is 11.6 Å². The lowest BCUT2D eigenvalue weighted by Gasteiger charge is -2.16. The van der Waals surface area contributed by atoms with E-state index in [1.54, 1.807) is 12.1 Å². The van der Waals surface area contributed by atoms with Crippen LogP contribution < -0.4 is 5.32 Å². The third-order valence-electron chi connectivity index (χ3n) is 1.92. The van der Waals surface area contributed by atoms with Crippen molar-refractivity contribution in [2.24, 2.45) is 5.16 Å². The molecule has 18 heavy (non-hydrogen) atoms. The van der Waals surface area contributed by atoms with Crippen LogP contribution in [0.4, 0.5) is 0 Å². The Morgan fingerprint density at radius 3 is 2.72 bits per heavy atom. The van der Waals surface area contributed by atoms with Crippen LogP contribution in [0.15, 0.2) is 28.0 Å². The zero-order valence-electron chi connectivity index (χ0n) is 11.3. The standard InChI is InChI=1S/C13H20N2O3/c1-5-8-14-12(16)11(10-7-6-9-17-10)15-18-13(2,3)4/h6-7,9H,5,8H2,1-4H3,(H,14,16). The molecule has 0 saturated carbocycles. The molecule has 0 unspecified atom stereocenters. The zero-order valence-corrected chi connectivity index (χ0v) is 11.3. The SMILES string of the molecule is CCCNC(=O)C(=NOC(C)(C)C)c1ccco1. The van der Waals surface area contributed by atoms with Gasteiger partial charge in [-0.2, -0.15) is 0 Å². The molecule has 1 N–H and O–H groups in total. The monoisotopic (exact) mass is 252 g/mol. The lowest BCUT2D eigenvalue weighted by molar-refractivity contribution is -0.115. The summed E-state index contributed by atoms with van der Waals surface area (Å²) in [6.45, 7) is 8.16. The van der Waals surface area contributed by atoms with Crippen molar-refractivity contribution in [3.05, 3.63) is 24.2 Å². The van der Waals surface area contributed by atoms with Gasteiger partial charge in [-0.3, -0.25) is 4.79 Å². The van der Waals surface area contributed by atoms with E-state index in [1.807, 2.05) is 27.7 Å². The molecule has 5 heteroatoms. The Bertz CT molecular complexity index is 402. The summed E-state index contributed by atoms with van der Waals surface area (Å²) in [6.07, 6.45) is 2.35. The maximum Gasteiger partial charge on any atom is 0.277 e. The lowest BCUT2D eigenvalue weighted by Crippen LogP contribution is -2.33. The number of rotatable bonds is 5. The molecule has 0 atom stereocenters. The molecule has 0 aliphatic heterocycles. The summed E-state index contributed by atoms with van der Waals surface area (Å²) in [5.41, 5.74) is -0.300. The summed E-state index contributed by atoms with van der Waals surface area (Å²) in [6, 6.07) is 3.38. The van der Waals surface area contributed by atoms with E-state index in [0.29, 0.717) is 12.3 Å². The molecule has 0 saturated heterocycles. The highest BCUT2D eigenvalue weighted by Gasteiger charge is 2.19. The highest BCUT2D eigenvalue weighted by molar-refractivity contribution is 6.44. The third kappa shape index (κ3) is 4.61. The van der Waals surface area contributed by atoms with Gasteiger partial charge in [-0.25, -0.2) is 0 Å². The summed E-state index contributed by atoms with van der Waals surface area (Å²) in [7, 11) is 0. The maximum atomic E-state index is 11.9. The van der Waals surface area contributed by atoms with Crippen molar-refractivity contribution in [2.45, 2.75) is 39.7 Å². The molecule has 0 fully saturated rings. The number of carbonyl (C=O) groups excluding carboxylic acids is 1. The van der Waals surface area contributed by atoms with Crippen LogP contribution in [-0.4, -0.2) is 23.8 Å². The van der Waals surface area contributed by atoms with E-state index in [9.17, 15) is 4.79 Å². The number of amides is 1. The molecule has 100 valence electrons. The molecule has 5 nitrogen and oxygen atoms in total. The molecular formula is C13H20N2O3. The van der Waals surface area contributed by atoms with E-state index in [2.05, 4.69) is 10.5 Å². The summed E-state index contributed by atoms with van der Waals surface area (Å²) in [5.74, 6) is 0.101. The van der Waals surface area contributed by atoms with Gasteiger partial charge < -0.3 is 14.6 Å². The molecule has 0 bridgehead atoms. The lowest BCUT2D eigenvalue weighted by atomic mass is 10.2. The maximum absolute atomic E-state index is 11.9. The topological polar surface area (TPSA) is 63.8 Å². The average Bonchev–Trinajstić information content (AvgIpc) is 2.78. The molecule has 1 aromatic heterocycles. The van der Waals surface area contributed by atoms with E-state index in [-0.39, 0.29) is 11.6 Å². The summed E-state index contributed by atoms with van der Waals surface area (Å²) < 4.78 is 5.19. The van der Waals surface area contributed by atoms with Crippen molar-refractivity contribution in [3.8, 4) is 0 Å². The summed E-state index contributed by atoms with van der Waals surface area (Å²) in [5, 5.41) is 6.65. The van der Waals surface area contributed by atoms with Gasteiger partial charge >= 0.3 is 0 Å². The van der Waals surface area contributed by atoms with Gasteiger partial charge in [0, 0.05) is 6.54 Å². The minimum absolute atomic E-state index is 0.156. The quantitative estimate of drug-likeness (QED) is 0.646. The van der Waals surface area contributed by atoms with Crippen LogP contribution in [0.5, 0.6) is 0 Å². The summed E-state index contributed by atoms with van der Waals surface area (Å²) >= 11 is 0. The second-order valence-corrected chi connectivity index (χ2v) is 4.88. The van der Waals surface area contributed by atoms with E-state index in [0.717, 1.165) is 6.42 Å². The molecule has 0 aliphatic rings. The zero-order chi connectivity index (χ0) is 13.6. The molecule has 1 amide bonds. The highest BCUT2D eigenvalue weighted by atomic mass is 16.6. The van der Waals surface area contributed by atoms with Gasteiger partial charge in [0.1, 0.15) is 5.60 Å². The first kappa shape index (κ1) is 14.3. The molecule has 0 spiro atoms. The van der Waals surface area contributed by atoms with Crippen LogP contribution in [0, 0.1) is 0 Å². The number of hydrogen-bond donors (Lipinski definition) is 1. The number of nitrogens with one attached hydrogen (secondary N) is 1. The number of nitrogens with zero attached hydrogens (tertiary/aromatic N) is 1. The molecule has 1 rings (SSSR count). The van der Waals surface area contributed by atoms with E-state index in [1.165, 1.54) is 6.26 Å². The second-order valence-electron chi connectivity index (χ2n) is 4.88. The van der Waals surface area contributed by atoms with Crippen LogP contribution in [0.1, 0.15) is 39.9 Å². The van der Waals surface area contributed by atoms with E-state index < -0.39 is 5.60 Å². The van der Waals surface area contributed by atoms with Crippen LogP contribution in [0.3, 0.4) is 0 Å². The van der Waals surface area contributed by atoms with Crippen molar-refractivity contribution in [3.63, 3.8) is 0 Å². The largest absolute Gasteiger partial charge is 0.462 e. The number of furan rings is 1. The Morgan fingerprint density at radius 2 is 2.22 bits per heavy atom. The average molecular weight is 252 g/mol. The van der Waals surface area contributed by atoms with Gasteiger partial charge in [-0.1, -0.05) is 12.1 Å². The van der Waals surface area contributed by atoms with Crippen molar-refractivity contribution in [1.29, 1.82) is 0 Å². The van der Waals surface area contributed by atoms with Gasteiger partial charge in [0.05, 0.1) is 6.26 Å². The Labute approximate surface area is 107 Å². The Hall–Kier alpha value is -1.78. The minimum atomic E-state index is -0.455. The Balaban J connectivity index is 2.86. The minimum Gasteiger partial charge on any atom is -0.462 e. The number of hydrogen-bond acceptors (Lipinski definition) is 4. The number of oxime groups is 1. The predicted molar refractivity (Wildman–Crippen MR) is 69.4 cm³/mol. The first-order chi connectivity index (χ1) is 8.44. The Morgan fingerprint density at radius 1 is 1.50 bits per heavy atom. The molecule has 0 aliphatic carbocycles. The highest BCUT2D eigenvalue weighted by Crippen LogP contribution is 2.10. The van der Waals surface area contributed by atoms with Crippen LogP contribution >= 0.6 is 0 Å². The molecule has 0 aromatic carbocycles. The number of carbonyl (C=O) groups is 1. The third-order valence-corrected chi connectivity index (χ3v) is 1.92. The first-order valence-corrected chi connectivity index (χ1v) is 6.02. The van der Waals surface area contributed by atoms with E-state index in [4.69, 9.17) is 9.25 Å². The fourth-order valence-electron chi connectivity index (χ4n) is 1.12. The summed E-state index contributed by atoms with van der Waals surface area (Å²) in [4.78, 5) is 17.2. The van der Waals surface area contributed by atoms with Crippen LogP contribution in [0.2, 0.25) is 0 Å².